The van der Waals surface area contributed by atoms with Crippen LogP contribution in [0.5, 0.6) is 0 Å². The zero-order chi connectivity index (χ0) is 4.99. The second kappa shape index (κ2) is 2.57. The van der Waals surface area contributed by atoms with Gasteiger partial charge in [-0.15, -0.1) is 0 Å². The number of carboxylic acid groups (broad SMARTS) is 1. The van der Waals surface area contributed by atoms with E-state index in [4.69, 9.17) is 5.11 Å². The van der Waals surface area contributed by atoms with E-state index in [2.05, 4.69) is 0 Å². The minimum absolute atomic E-state index is 0.167. The summed E-state index contributed by atoms with van der Waals surface area (Å²) in [7, 11) is 0. The fraction of sp³-hybridized carbons (Fsp3) is 0.500. The molecular weight excluding hydrogens is 80.0 g/mol. The van der Waals surface area contributed by atoms with Crippen LogP contribution in [0.3, 0.4) is 0 Å². The Morgan fingerprint density at radius 2 is 2.50 bits per heavy atom. The molecule has 0 fully saturated rings. The third kappa shape index (κ3) is 3.34. The fourth-order valence-electron chi connectivity index (χ4n) is 0.175. The average Bonchev–Trinajstić information content (AvgIpc) is 1.35. The Bertz CT molecular complexity index is 49.5. The van der Waals surface area contributed by atoms with Gasteiger partial charge in [0.15, 0.2) is 6.42 Å². The summed E-state index contributed by atoms with van der Waals surface area (Å²) < 4.78 is 0. The number of carbonyl (C=O) groups is 1. The Balaban J connectivity index is 2.83. The Hall–Kier alpha value is -0.660. The monoisotopic (exact) mass is 87.0 g/mol. The number of carboxylic acids is 1. The van der Waals surface area contributed by atoms with Gasteiger partial charge in [-0.25, -0.2) is 4.79 Å². The van der Waals surface area contributed by atoms with Crippen LogP contribution in [0.25, 0.3) is 0 Å². The summed E-state index contributed by atoms with van der Waals surface area (Å²) in [5, 5.41) is 7.88. The van der Waals surface area contributed by atoms with Gasteiger partial charge in [0.2, 0.25) is 0 Å². The van der Waals surface area contributed by atoms with Crippen LogP contribution in [-0.2, 0) is 4.79 Å². The van der Waals surface area contributed by atoms with Crippen molar-refractivity contribution in [2.75, 3.05) is 0 Å². The van der Waals surface area contributed by atoms with Crippen LogP contribution in [0, 0.1) is 6.42 Å². The second-order valence-corrected chi connectivity index (χ2v) is 1.01. The van der Waals surface area contributed by atoms with E-state index in [0.717, 1.165) is 0 Å². The molecule has 2 nitrogen and oxygen atoms in total. The lowest BCUT2D eigenvalue weighted by molar-refractivity contribution is -0.136. The Morgan fingerprint density at radius 3 is 2.50 bits per heavy atom. The molecule has 0 aromatic heterocycles. The third-order valence-electron chi connectivity index (χ3n) is 0.379. The van der Waals surface area contributed by atoms with E-state index in [0.29, 0.717) is 0 Å². The smallest absolute Gasteiger partial charge is 0.348 e. The van der Waals surface area contributed by atoms with E-state index in [-0.39, 0.29) is 6.42 Å². The van der Waals surface area contributed by atoms with Gasteiger partial charge < -0.3 is 5.11 Å². The summed E-state index contributed by atoms with van der Waals surface area (Å²) >= 11 is 0. The molecule has 0 radical (unpaired) electrons. The van der Waals surface area contributed by atoms with Gasteiger partial charge in [0.1, 0.15) is 0 Å². The molecule has 0 saturated heterocycles. The number of hydrogen-bond donors (Lipinski definition) is 1. The molecule has 0 aliphatic carbocycles. The van der Waals surface area contributed by atoms with E-state index in [1.165, 1.54) is 0 Å². The molecule has 0 saturated carbocycles. The highest BCUT2D eigenvalue weighted by Gasteiger charge is 1.96. The van der Waals surface area contributed by atoms with Crippen LogP contribution in [0.15, 0.2) is 0 Å². The highest BCUT2D eigenvalue weighted by molar-refractivity contribution is 5.67. The van der Waals surface area contributed by atoms with Crippen LogP contribution in [-0.4, -0.2) is 11.1 Å². The normalized spacial score (nSPS) is 7.50. The zero-order valence-corrected chi connectivity index (χ0v) is 3.64. The first kappa shape index (κ1) is 5.34. The summed E-state index contributed by atoms with van der Waals surface area (Å²) in [5.41, 5.74) is 0. The zero-order valence-electron chi connectivity index (χ0n) is 3.64. The molecule has 2 heteroatoms. The number of aliphatic carboxylic acids is 1. The number of rotatable bonds is 2. The summed E-state index contributed by atoms with van der Waals surface area (Å²) in [4.78, 5) is 9.57. The van der Waals surface area contributed by atoms with Crippen molar-refractivity contribution in [1.29, 1.82) is 0 Å². The maximum atomic E-state index is 9.57. The first-order valence-corrected chi connectivity index (χ1v) is 1.77. The molecule has 0 spiro atoms. The van der Waals surface area contributed by atoms with Crippen LogP contribution < -0.4 is 0 Å². The highest BCUT2D eigenvalue weighted by atomic mass is 16.4. The highest BCUT2D eigenvalue weighted by Crippen LogP contribution is 1.80. The number of hydrogen-bond acceptors (Lipinski definition) is 1. The molecular formula is C4H7O2+. The molecule has 0 aliphatic heterocycles. The Kier molecular flexibility index (Phi) is 2.29. The molecule has 0 rings (SSSR count). The van der Waals surface area contributed by atoms with Gasteiger partial charge in [0.25, 0.3) is 0 Å². The maximum Gasteiger partial charge on any atom is 0.348 e. The molecule has 0 aromatic rings. The molecule has 0 atom stereocenters. The van der Waals surface area contributed by atoms with Crippen molar-refractivity contribution in [3.8, 4) is 0 Å². The average molecular weight is 87.1 g/mol. The quantitative estimate of drug-likeness (QED) is 0.503. The molecule has 0 unspecified atom stereocenters. The van der Waals surface area contributed by atoms with E-state index >= 15 is 0 Å². The maximum absolute atomic E-state index is 9.57. The molecule has 0 bridgehead atoms. The second-order valence-electron chi connectivity index (χ2n) is 1.01. The lowest BCUT2D eigenvalue weighted by Gasteiger charge is -1.71. The van der Waals surface area contributed by atoms with Crippen molar-refractivity contribution < 1.29 is 9.90 Å². The van der Waals surface area contributed by atoms with Crippen LogP contribution in [0.2, 0.25) is 0 Å². The minimum atomic E-state index is -0.766. The standard InChI is InChI=1S/C4H6O2/c1-2-3-4(5)6/h2H,3H2,1H3/p+1. The lowest BCUT2D eigenvalue weighted by atomic mass is 10.4. The van der Waals surface area contributed by atoms with Crippen molar-refractivity contribution in [3.05, 3.63) is 6.42 Å². The van der Waals surface area contributed by atoms with E-state index < -0.39 is 5.97 Å². The Morgan fingerprint density at radius 1 is 2.00 bits per heavy atom. The topological polar surface area (TPSA) is 37.3 Å². The Labute approximate surface area is 36.8 Å². The van der Waals surface area contributed by atoms with Gasteiger partial charge in [-0.3, -0.25) is 0 Å². The molecule has 6 heavy (non-hydrogen) atoms. The van der Waals surface area contributed by atoms with Gasteiger partial charge >= 0.3 is 5.97 Å². The third-order valence-corrected chi connectivity index (χ3v) is 0.379. The van der Waals surface area contributed by atoms with Gasteiger partial charge in [-0.1, -0.05) is 0 Å². The summed E-state index contributed by atoms with van der Waals surface area (Å²) in [6.45, 7) is 1.72. The summed E-state index contributed by atoms with van der Waals surface area (Å²) in [6.07, 6.45) is 1.77. The SMILES string of the molecule is C[CH+]CC(=O)O. The molecule has 1 N–H and O–H groups in total. The molecule has 0 aromatic carbocycles. The van der Waals surface area contributed by atoms with Gasteiger partial charge in [-0.05, 0) is 0 Å². The van der Waals surface area contributed by atoms with E-state index in [9.17, 15) is 4.79 Å². The van der Waals surface area contributed by atoms with Crippen molar-refractivity contribution in [1.82, 2.24) is 0 Å². The van der Waals surface area contributed by atoms with Crippen molar-refractivity contribution >= 4 is 5.97 Å². The fourth-order valence-corrected chi connectivity index (χ4v) is 0.175. The van der Waals surface area contributed by atoms with Crippen LogP contribution in [0.4, 0.5) is 0 Å². The van der Waals surface area contributed by atoms with E-state index in [1.807, 2.05) is 0 Å². The van der Waals surface area contributed by atoms with Crippen LogP contribution >= 0.6 is 0 Å². The molecule has 0 heterocycles. The van der Waals surface area contributed by atoms with Crippen molar-refractivity contribution in [2.24, 2.45) is 0 Å². The first-order valence-electron chi connectivity index (χ1n) is 1.77. The minimum Gasteiger partial charge on any atom is -0.478 e. The predicted molar refractivity (Wildman–Crippen MR) is 22.2 cm³/mol. The van der Waals surface area contributed by atoms with Crippen molar-refractivity contribution in [2.45, 2.75) is 13.3 Å². The molecule has 34 valence electrons. The largest absolute Gasteiger partial charge is 0.478 e. The first-order chi connectivity index (χ1) is 2.77. The van der Waals surface area contributed by atoms with Gasteiger partial charge in [0, 0.05) is 0 Å². The van der Waals surface area contributed by atoms with Crippen LogP contribution in [0.1, 0.15) is 13.3 Å². The van der Waals surface area contributed by atoms with Gasteiger partial charge in [-0.2, -0.15) is 0 Å². The molecule has 0 amide bonds. The molecule has 0 aliphatic rings. The van der Waals surface area contributed by atoms with Crippen molar-refractivity contribution in [3.63, 3.8) is 0 Å². The van der Waals surface area contributed by atoms with E-state index in [1.54, 1.807) is 13.3 Å². The summed E-state index contributed by atoms with van der Waals surface area (Å²) in [5.74, 6) is -0.766. The van der Waals surface area contributed by atoms with Gasteiger partial charge in [0.05, 0.1) is 13.3 Å². The predicted octanol–water partition coefficient (Wildman–Crippen LogP) is 0.685. The lowest BCUT2D eigenvalue weighted by Crippen LogP contribution is -1.90. The summed E-state index contributed by atoms with van der Waals surface area (Å²) in [6, 6.07) is 0.